The molecule has 0 saturated carbocycles. The predicted octanol–water partition coefficient (Wildman–Crippen LogP) is 4.83. The first-order valence-corrected chi connectivity index (χ1v) is 10.1. The van der Waals surface area contributed by atoms with Gasteiger partial charge >= 0.3 is 5.97 Å². The van der Waals surface area contributed by atoms with E-state index in [2.05, 4.69) is 10.3 Å². The van der Waals surface area contributed by atoms with Crippen LogP contribution in [0.25, 0.3) is 21.0 Å². The molecule has 0 saturated heterocycles. The van der Waals surface area contributed by atoms with Crippen molar-refractivity contribution >= 4 is 49.9 Å². The van der Waals surface area contributed by atoms with E-state index in [-0.39, 0.29) is 5.91 Å². The molecule has 0 spiro atoms. The summed E-state index contributed by atoms with van der Waals surface area (Å²) >= 11 is 1.30. The monoisotopic (exact) mass is 424 g/mol. The van der Waals surface area contributed by atoms with Gasteiger partial charge in [-0.3, -0.25) is 4.79 Å². The lowest BCUT2D eigenvalue weighted by Gasteiger charge is -2.06. The highest BCUT2D eigenvalue weighted by molar-refractivity contribution is 7.21. The van der Waals surface area contributed by atoms with Gasteiger partial charge < -0.3 is 24.5 Å². The zero-order valence-corrected chi connectivity index (χ0v) is 17.5. The van der Waals surface area contributed by atoms with Crippen molar-refractivity contribution in [2.24, 2.45) is 0 Å². The van der Waals surface area contributed by atoms with Crippen molar-refractivity contribution in [3.05, 3.63) is 53.0 Å². The van der Waals surface area contributed by atoms with Gasteiger partial charge in [0.05, 0.1) is 20.8 Å². The van der Waals surface area contributed by atoms with Gasteiger partial charge in [0.2, 0.25) is 0 Å². The van der Waals surface area contributed by atoms with Gasteiger partial charge in [0.15, 0.2) is 10.6 Å². The third-order valence-corrected chi connectivity index (χ3v) is 5.77. The zero-order chi connectivity index (χ0) is 21.3. The van der Waals surface area contributed by atoms with E-state index in [0.29, 0.717) is 34.4 Å². The molecule has 0 aliphatic carbocycles. The van der Waals surface area contributed by atoms with Crippen LogP contribution in [-0.2, 0) is 4.74 Å². The molecule has 7 nitrogen and oxygen atoms in total. The van der Waals surface area contributed by atoms with E-state index in [1.165, 1.54) is 18.4 Å². The van der Waals surface area contributed by atoms with Gasteiger partial charge in [0.1, 0.15) is 11.4 Å². The normalized spacial score (nSPS) is 10.9. The smallest absolute Gasteiger partial charge is 0.351 e. The fourth-order valence-electron chi connectivity index (χ4n) is 3.22. The molecule has 4 rings (SSSR count). The number of methoxy groups -OCH3 is 2. The van der Waals surface area contributed by atoms with Crippen molar-refractivity contribution in [3.8, 4) is 11.5 Å². The summed E-state index contributed by atoms with van der Waals surface area (Å²) in [5.74, 6) is 0.465. The van der Waals surface area contributed by atoms with Crippen LogP contribution in [0.1, 0.15) is 27.1 Å². The number of anilines is 1. The number of carbonyl (C=O) groups excluding carboxylic acids is 2. The number of H-pyrrole nitrogens is 1. The molecule has 2 heterocycles. The fraction of sp³-hybridized carbons (Fsp3) is 0.182. The molecule has 154 valence electrons. The van der Waals surface area contributed by atoms with Gasteiger partial charge in [-0.05, 0) is 43.3 Å². The van der Waals surface area contributed by atoms with E-state index in [4.69, 9.17) is 14.2 Å². The van der Waals surface area contributed by atoms with Gasteiger partial charge in [-0.15, -0.1) is 11.3 Å². The van der Waals surface area contributed by atoms with Gasteiger partial charge in [-0.2, -0.15) is 0 Å². The Kier molecular flexibility index (Phi) is 5.33. The van der Waals surface area contributed by atoms with Crippen molar-refractivity contribution < 1.29 is 23.8 Å². The molecule has 8 heteroatoms. The van der Waals surface area contributed by atoms with E-state index in [9.17, 15) is 9.59 Å². The minimum absolute atomic E-state index is 0.272. The van der Waals surface area contributed by atoms with E-state index in [1.807, 2.05) is 31.2 Å². The second-order valence-corrected chi connectivity index (χ2v) is 7.54. The number of thiophene rings is 1. The molecule has 1 amide bonds. The number of aromatic nitrogens is 1. The zero-order valence-electron chi connectivity index (χ0n) is 16.7. The molecular weight excluding hydrogens is 404 g/mol. The lowest BCUT2D eigenvalue weighted by molar-refractivity contribution is 0.0602. The summed E-state index contributed by atoms with van der Waals surface area (Å²) in [6.07, 6.45) is 0. The average Bonchev–Trinajstić information content (AvgIpc) is 3.34. The highest BCUT2D eigenvalue weighted by Gasteiger charge is 2.21. The number of nitrogens with one attached hydrogen (secondary N) is 2. The number of aromatic amines is 1. The van der Waals surface area contributed by atoms with E-state index in [0.717, 1.165) is 21.0 Å². The molecule has 2 N–H and O–H groups in total. The van der Waals surface area contributed by atoms with Gasteiger partial charge in [-0.1, -0.05) is 0 Å². The number of esters is 1. The van der Waals surface area contributed by atoms with Crippen LogP contribution in [-0.4, -0.2) is 37.7 Å². The van der Waals surface area contributed by atoms with Crippen LogP contribution in [0.2, 0.25) is 0 Å². The Balaban J connectivity index is 1.65. The quantitative estimate of drug-likeness (QED) is 0.433. The number of hydrogen-bond acceptors (Lipinski definition) is 6. The molecule has 0 atom stereocenters. The standard InChI is InChI=1S/C22H20N2O5S/c1-4-29-19-15-10-13(6-8-18(15)30-20(19)22(26)28-3)23-21(25)17-9-12-5-7-14(27-2)11-16(12)24-17/h5-11,24H,4H2,1-3H3,(H,23,25). The van der Waals surface area contributed by atoms with Gasteiger partial charge in [0.25, 0.3) is 5.91 Å². The summed E-state index contributed by atoms with van der Waals surface area (Å²) in [6, 6.07) is 12.8. The maximum absolute atomic E-state index is 12.8. The summed E-state index contributed by atoms with van der Waals surface area (Å²) in [5.41, 5.74) is 1.84. The van der Waals surface area contributed by atoms with Gasteiger partial charge in [-0.25, -0.2) is 4.79 Å². The van der Waals surface area contributed by atoms with Crippen molar-refractivity contribution in [2.75, 3.05) is 26.1 Å². The summed E-state index contributed by atoms with van der Waals surface area (Å²) in [7, 11) is 2.93. The lowest BCUT2D eigenvalue weighted by atomic mass is 10.2. The molecule has 2 aromatic carbocycles. The Morgan fingerprint density at radius 3 is 2.67 bits per heavy atom. The number of carbonyl (C=O) groups is 2. The number of hydrogen-bond donors (Lipinski definition) is 2. The summed E-state index contributed by atoms with van der Waals surface area (Å²) in [4.78, 5) is 28.4. The molecular formula is C22H20N2O5S. The van der Waals surface area contributed by atoms with E-state index >= 15 is 0 Å². The van der Waals surface area contributed by atoms with Crippen LogP contribution in [0.4, 0.5) is 5.69 Å². The molecule has 2 aromatic heterocycles. The topological polar surface area (TPSA) is 89.7 Å². The maximum atomic E-state index is 12.8. The highest BCUT2D eigenvalue weighted by Crippen LogP contribution is 2.39. The second-order valence-electron chi connectivity index (χ2n) is 6.49. The maximum Gasteiger partial charge on any atom is 0.351 e. The average molecular weight is 424 g/mol. The predicted molar refractivity (Wildman–Crippen MR) is 117 cm³/mol. The molecule has 0 aliphatic heterocycles. The number of fused-ring (bicyclic) bond motifs is 2. The Hall–Kier alpha value is -3.52. The minimum Gasteiger partial charge on any atom is -0.497 e. The van der Waals surface area contributed by atoms with Crippen LogP contribution in [0.5, 0.6) is 11.5 Å². The van der Waals surface area contributed by atoms with Crippen molar-refractivity contribution in [3.63, 3.8) is 0 Å². The number of ether oxygens (including phenoxy) is 3. The Labute approximate surface area is 176 Å². The van der Waals surface area contributed by atoms with Crippen molar-refractivity contribution in [2.45, 2.75) is 6.92 Å². The molecule has 30 heavy (non-hydrogen) atoms. The first-order chi connectivity index (χ1) is 14.5. The number of rotatable bonds is 6. The summed E-state index contributed by atoms with van der Waals surface area (Å²) in [5, 5.41) is 4.56. The first-order valence-electron chi connectivity index (χ1n) is 9.29. The van der Waals surface area contributed by atoms with Crippen molar-refractivity contribution in [1.82, 2.24) is 4.98 Å². The Bertz CT molecular complexity index is 1260. The molecule has 0 bridgehead atoms. The second kappa shape index (κ2) is 8.08. The number of benzene rings is 2. The number of amides is 1. The lowest BCUT2D eigenvalue weighted by Crippen LogP contribution is -2.12. The third kappa shape index (κ3) is 3.57. The molecule has 0 fully saturated rings. The third-order valence-electron chi connectivity index (χ3n) is 4.63. The highest BCUT2D eigenvalue weighted by atomic mass is 32.1. The van der Waals surface area contributed by atoms with E-state index < -0.39 is 5.97 Å². The summed E-state index contributed by atoms with van der Waals surface area (Å²) in [6.45, 7) is 2.26. The van der Waals surface area contributed by atoms with Crippen LogP contribution in [0.15, 0.2) is 42.5 Å². The minimum atomic E-state index is -0.446. The first kappa shape index (κ1) is 19.8. The van der Waals surface area contributed by atoms with E-state index in [1.54, 1.807) is 25.3 Å². The Morgan fingerprint density at radius 1 is 1.10 bits per heavy atom. The van der Waals surface area contributed by atoms with Crippen LogP contribution in [0.3, 0.4) is 0 Å². The fourth-order valence-corrected chi connectivity index (χ4v) is 4.27. The summed E-state index contributed by atoms with van der Waals surface area (Å²) < 4.78 is 16.6. The molecule has 0 aliphatic rings. The molecule has 0 unspecified atom stereocenters. The van der Waals surface area contributed by atoms with Gasteiger partial charge in [0, 0.05) is 32.7 Å². The van der Waals surface area contributed by atoms with Crippen LogP contribution >= 0.6 is 11.3 Å². The van der Waals surface area contributed by atoms with Crippen LogP contribution in [0, 0.1) is 0 Å². The van der Waals surface area contributed by atoms with Crippen LogP contribution < -0.4 is 14.8 Å². The van der Waals surface area contributed by atoms with Crippen molar-refractivity contribution in [1.29, 1.82) is 0 Å². The molecule has 0 radical (unpaired) electrons. The largest absolute Gasteiger partial charge is 0.497 e. The SMILES string of the molecule is CCOc1c(C(=O)OC)sc2ccc(NC(=O)c3cc4ccc(OC)cc4[nH]3)cc12. The Morgan fingerprint density at radius 2 is 1.93 bits per heavy atom. The molecule has 4 aromatic rings.